The van der Waals surface area contributed by atoms with E-state index < -0.39 is 0 Å². The molecule has 0 saturated carbocycles. The van der Waals surface area contributed by atoms with Crippen LogP contribution in [0.15, 0.2) is 24.3 Å². The Hall–Kier alpha value is -1.31. The van der Waals surface area contributed by atoms with Crippen LogP contribution in [0.4, 0.5) is 5.69 Å². The van der Waals surface area contributed by atoms with Crippen molar-refractivity contribution in [3.63, 3.8) is 0 Å². The van der Waals surface area contributed by atoms with Gasteiger partial charge in [-0.3, -0.25) is 4.79 Å². The summed E-state index contributed by atoms with van der Waals surface area (Å²) < 4.78 is 0. The van der Waals surface area contributed by atoms with Gasteiger partial charge in [0.15, 0.2) is 0 Å². The number of carbonyl (C=O) groups is 1. The molecular weight excluding hydrogens is 210 g/mol. The molecule has 0 aliphatic carbocycles. The zero-order valence-electron chi connectivity index (χ0n) is 11.5. The molecule has 0 unspecified atom stereocenters. The summed E-state index contributed by atoms with van der Waals surface area (Å²) in [6.45, 7) is 10.1. The van der Waals surface area contributed by atoms with Crippen LogP contribution in [-0.4, -0.2) is 5.91 Å². The third-order valence-electron chi connectivity index (χ3n) is 3.03. The van der Waals surface area contributed by atoms with Gasteiger partial charge in [0.2, 0.25) is 5.91 Å². The fourth-order valence-electron chi connectivity index (χ4n) is 1.57. The van der Waals surface area contributed by atoms with Crippen LogP contribution in [0.5, 0.6) is 0 Å². The number of amides is 1. The van der Waals surface area contributed by atoms with Crippen LogP contribution in [0.25, 0.3) is 0 Å². The summed E-state index contributed by atoms with van der Waals surface area (Å²) in [6, 6.07) is 8.05. The maximum Gasteiger partial charge on any atom is 0.229 e. The van der Waals surface area contributed by atoms with Crippen molar-refractivity contribution in [1.29, 1.82) is 0 Å². The van der Waals surface area contributed by atoms with E-state index in [1.54, 1.807) is 0 Å². The molecule has 0 aliphatic heterocycles. The summed E-state index contributed by atoms with van der Waals surface area (Å²) in [5, 5.41) is 3.03. The summed E-state index contributed by atoms with van der Waals surface area (Å²) in [7, 11) is 0. The van der Waals surface area contributed by atoms with Gasteiger partial charge in [0.05, 0.1) is 0 Å². The molecule has 1 N–H and O–H groups in total. The zero-order chi connectivity index (χ0) is 13.1. The van der Waals surface area contributed by atoms with E-state index in [4.69, 9.17) is 0 Å². The second-order valence-electron chi connectivity index (χ2n) is 5.60. The molecule has 0 aliphatic rings. The Morgan fingerprint density at radius 2 is 1.88 bits per heavy atom. The fourth-order valence-corrected chi connectivity index (χ4v) is 1.57. The van der Waals surface area contributed by atoms with Gasteiger partial charge in [-0.2, -0.15) is 0 Å². The van der Waals surface area contributed by atoms with E-state index in [2.05, 4.69) is 25.2 Å². The largest absolute Gasteiger partial charge is 0.325 e. The van der Waals surface area contributed by atoms with Crippen molar-refractivity contribution in [1.82, 2.24) is 0 Å². The van der Waals surface area contributed by atoms with Crippen LogP contribution in [-0.2, 0) is 4.79 Å². The number of hydrogen-bond acceptors (Lipinski definition) is 1. The van der Waals surface area contributed by atoms with Gasteiger partial charge in [-0.05, 0) is 24.0 Å². The molecular formula is C15H23NO. The molecule has 0 radical (unpaired) electrons. The maximum absolute atomic E-state index is 12.0. The molecule has 0 spiro atoms. The average molecular weight is 233 g/mol. The summed E-state index contributed by atoms with van der Waals surface area (Å²) >= 11 is 0. The highest BCUT2D eigenvalue weighted by molar-refractivity contribution is 5.95. The summed E-state index contributed by atoms with van der Waals surface area (Å²) in [4.78, 5) is 12.0. The van der Waals surface area contributed by atoms with E-state index in [0.29, 0.717) is 5.92 Å². The molecule has 2 nitrogen and oxygen atoms in total. The molecule has 0 saturated heterocycles. The highest BCUT2D eigenvalue weighted by Gasteiger charge is 2.22. The third kappa shape index (κ3) is 3.58. The number of benzene rings is 1. The molecule has 0 fully saturated rings. The maximum atomic E-state index is 12.0. The van der Waals surface area contributed by atoms with Crippen molar-refractivity contribution in [2.45, 2.75) is 47.0 Å². The first kappa shape index (κ1) is 13.8. The Morgan fingerprint density at radius 1 is 1.29 bits per heavy atom. The Labute approximate surface area is 104 Å². The molecule has 1 rings (SSSR count). The molecule has 1 aromatic carbocycles. The van der Waals surface area contributed by atoms with Crippen molar-refractivity contribution in [3.8, 4) is 0 Å². The number of hydrogen-bond donors (Lipinski definition) is 1. The van der Waals surface area contributed by atoms with E-state index in [-0.39, 0.29) is 11.3 Å². The standard InChI is InChI=1S/C15H23NO/c1-6-11(2)12-9-7-8-10-13(12)16-14(17)15(3,4)5/h7-11H,6H2,1-5H3,(H,16,17)/t11-/m0/s1. The Morgan fingerprint density at radius 3 is 2.41 bits per heavy atom. The molecule has 94 valence electrons. The SMILES string of the molecule is CC[C@H](C)c1ccccc1NC(=O)C(C)(C)C. The lowest BCUT2D eigenvalue weighted by molar-refractivity contribution is -0.123. The van der Waals surface area contributed by atoms with Gasteiger partial charge >= 0.3 is 0 Å². The van der Waals surface area contributed by atoms with Crippen molar-refractivity contribution >= 4 is 11.6 Å². The van der Waals surface area contributed by atoms with Gasteiger partial charge in [-0.1, -0.05) is 52.8 Å². The predicted molar refractivity (Wildman–Crippen MR) is 73.2 cm³/mol. The highest BCUT2D eigenvalue weighted by atomic mass is 16.2. The second-order valence-corrected chi connectivity index (χ2v) is 5.60. The number of anilines is 1. The molecule has 2 heteroatoms. The van der Waals surface area contributed by atoms with Gasteiger partial charge in [-0.15, -0.1) is 0 Å². The lowest BCUT2D eigenvalue weighted by Crippen LogP contribution is -2.28. The lowest BCUT2D eigenvalue weighted by atomic mass is 9.93. The van der Waals surface area contributed by atoms with E-state index >= 15 is 0 Å². The van der Waals surface area contributed by atoms with Crippen LogP contribution < -0.4 is 5.32 Å². The quantitative estimate of drug-likeness (QED) is 0.833. The van der Waals surface area contributed by atoms with Crippen LogP contribution in [0.1, 0.15) is 52.5 Å². The van der Waals surface area contributed by atoms with Gasteiger partial charge in [0, 0.05) is 11.1 Å². The first-order valence-electron chi connectivity index (χ1n) is 6.26. The number of nitrogens with one attached hydrogen (secondary N) is 1. The minimum absolute atomic E-state index is 0.0632. The monoisotopic (exact) mass is 233 g/mol. The summed E-state index contributed by atoms with van der Waals surface area (Å²) in [5.74, 6) is 0.528. The zero-order valence-corrected chi connectivity index (χ0v) is 11.5. The van der Waals surface area contributed by atoms with E-state index in [1.165, 1.54) is 5.56 Å². The predicted octanol–water partition coefficient (Wildman–Crippen LogP) is 4.18. The molecule has 0 bridgehead atoms. The topological polar surface area (TPSA) is 29.1 Å². The Bertz CT molecular complexity index is 390. The molecule has 1 atom stereocenters. The Balaban J connectivity index is 2.95. The van der Waals surface area contributed by atoms with Gasteiger partial charge in [-0.25, -0.2) is 0 Å². The Kier molecular flexibility index (Phi) is 4.33. The van der Waals surface area contributed by atoms with Crippen LogP contribution in [0, 0.1) is 5.41 Å². The molecule has 0 heterocycles. The number of para-hydroxylation sites is 1. The average Bonchev–Trinajstić information content (AvgIpc) is 2.27. The van der Waals surface area contributed by atoms with E-state index in [0.717, 1.165) is 12.1 Å². The van der Waals surface area contributed by atoms with E-state index in [9.17, 15) is 4.79 Å². The highest BCUT2D eigenvalue weighted by Crippen LogP contribution is 2.27. The third-order valence-corrected chi connectivity index (χ3v) is 3.03. The van der Waals surface area contributed by atoms with Crippen LogP contribution in [0.3, 0.4) is 0 Å². The normalized spacial score (nSPS) is 13.2. The lowest BCUT2D eigenvalue weighted by Gasteiger charge is -2.21. The number of rotatable bonds is 3. The molecule has 0 aromatic heterocycles. The van der Waals surface area contributed by atoms with Crippen molar-refractivity contribution in [2.75, 3.05) is 5.32 Å². The molecule has 1 aromatic rings. The molecule has 1 amide bonds. The second kappa shape index (κ2) is 5.35. The summed E-state index contributed by atoms with van der Waals surface area (Å²) in [5.41, 5.74) is 1.80. The van der Waals surface area contributed by atoms with Crippen molar-refractivity contribution < 1.29 is 4.79 Å². The summed E-state index contributed by atoms with van der Waals surface area (Å²) in [6.07, 6.45) is 1.07. The molecule has 17 heavy (non-hydrogen) atoms. The van der Waals surface area contributed by atoms with Gasteiger partial charge in [0.25, 0.3) is 0 Å². The first-order valence-corrected chi connectivity index (χ1v) is 6.26. The van der Waals surface area contributed by atoms with E-state index in [1.807, 2.05) is 39.0 Å². The minimum atomic E-state index is -0.359. The number of carbonyl (C=O) groups excluding carboxylic acids is 1. The minimum Gasteiger partial charge on any atom is -0.325 e. The van der Waals surface area contributed by atoms with Gasteiger partial charge < -0.3 is 5.32 Å². The first-order chi connectivity index (χ1) is 7.86. The van der Waals surface area contributed by atoms with Crippen LogP contribution in [0.2, 0.25) is 0 Å². The fraction of sp³-hybridized carbons (Fsp3) is 0.533. The van der Waals surface area contributed by atoms with Gasteiger partial charge in [0.1, 0.15) is 0 Å². The van der Waals surface area contributed by atoms with Crippen molar-refractivity contribution in [2.24, 2.45) is 5.41 Å². The van der Waals surface area contributed by atoms with Crippen LogP contribution >= 0.6 is 0 Å². The van der Waals surface area contributed by atoms with Crippen molar-refractivity contribution in [3.05, 3.63) is 29.8 Å². The smallest absolute Gasteiger partial charge is 0.229 e.